The number of urea groups is 1. The minimum atomic E-state index is -0.0252. The zero-order valence-corrected chi connectivity index (χ0v) is 16.9. The molecular weight excluding hydrogens is 340 g/mol. The van der Waals surface area contributed by atoms with Crippen LogP contribution in [0.2, 0.25) is 0 Å². The zero-order chi connectivity index (χ0) is 19.6. The van der Waals surface area contributed by atoms with E-state index in [0.717, 1.165) is 38.2 Å². The highest BCUT2D eigenvalue weighted by Crippen LogP contribution is 2.28. The van der Waals surface area contributed by atoms with Crippen LogP contribution in [0.1, 0.15) is 38.2 Å². The molecule has 0 unspecified atom stereocenters. The second kappa shape index (κ2) is 8.30. The van der Waals surface area contributed by atoms with Crippen molar-refractivity contribution in [2.24, 2.45) is 5.92 Å². The van der Waals surface area contributed by atoms with Gasteiger partial charge >= 0.3 is 6.03 Å². The number of amides is 3. The fourth-order valence-electron chi connectivity index (χ4n) is 4.04. The number of hydrogen-bond donors (Lipinski definition) is 1. The quantitative estimate of drug-likeness (QED) is 0.884. The third kappa shape index (κ3) is 4.80. The van der Waals surface area contributed by atoms with Gasteiger partial charge in [-0.1, -0.05) is 26.0 Å². The van der Waals surface area contributed by atoms with Crippen molar-refractivity contribution in [2.45, 2.75) is 38.6 Å². The van der Waals surface area contributed by atoms with Crippen molar-refractivity contribution in [1.82, 2.24) is 14.7 Å². The molecule has 1 aromatic rings. The highest BCUT2D eigenvalue weighted by Gasteiger charge is 2.37. The SMILES string of the molecule is CC(C)c1ccc(NC(=O)N2C[C@@H]3CC[C@H]2CN(CC(=O)N(C)C)C3)cc1. The molecule has 0 aliphatic carbocycles. The zero-order valence-electron chi connectivity index (χ0n) is 16.9. The molecule has 0 spiro atoms. The van der Waals surface area contributed by atoms with Gasteiger partial charge in [-0.2, -0.15) is 0 Å². The molecule has 0 saturated carbocycles. The van der Waals surface area contributed by atoms with Crippen LogP contribution in [-0.4, -0.2) is 73.0 Å². The van der Waals surface area contributed by atoms with Gasteiger partial charge in [0.25, 0.3) is 0 Å². The van der Waals surface area contributed by atoms with Crippen LogP contribution in [0, 0.1) is 5.92 Å². The van der Waals surface area contributed by atoms with Crippen molar-refractivity contribution in [1.29, 1.82) is 0 Å². The number of carbonyl (C=O) groups is 2. The molecule has 1 aromatic carbocycles. The summed E-state index contributed by atoms with van der Waals surface area (Å²) in [6, 6.07) is 8.25. The van der Waals surface area contributed by atoms with Crippen LogP contribution >= 0.6 is 0 Å². The maximum Gasteiger partial charge on any atom is 0.322 e. The average molecular weight is 373 g/mol. The number of fused-ring (bicyclic) bond motifs is 4. The monoisotopic (exact) mass is 372 g/mol. The molecule has 0 radical (unpaired) electrons. The number of likely N-dealkylation sites (N-methyl/N-ethyl adjacent to an activating group) is 1. The molecule has 3 aliphatic heterocycles. The topological polar surface area (TPSA) is 55.9 Å². The molecule has 3 amide bonds. The van der Waals surface area contributed by atoms with Crippen molar-refractivity contribution >= 4 is 17.6 Å². The van der Waals surface area contributed by atoms with Gasteiger partial charge in [0.15, 0.2) is 0 Å². The van der Waals surface area contributed by atoms with Crippen molar-refractivity contribution in [3.8, 4) is 0 Å². The number of nitrogens with zero attached hydrogens (tertiary/aromatic N) is 3. The molecule has 3 aliphatic rings. The van der Waals surface area contributed by atoms with E-state index in [1.54, 1.807) is 19.0 Å². The summed E-state index contributed by atoms with van der Waals surface area (Å²) in [7, 11) is 3.58. The van der Waals surface area contributed by atoms with Gasteiger partial charge in [-0.3, -0.25) is 9.69 Å². The Labute approximate surface area is 162 Å². The van der Waals surface area contributed by atoms with E-state index in [1.807, 2.05) is 17.0 Å². The summed E-state index contributed by atoms with van der Waals surface area (Å²) < 4.78 is 0. The standard InChI is InChI=1S/C21H32N4O2/c1-15(2)17-6-8-18(9-7-17)22-21(27)25-12-16-5-10-19(25)13-24(11-16)14-20(26)23(3)4/h6-9,15-16,19H,5,10-14H2,1-4H3,(H,22,27)/t16-,19+/m1/s1. The molecule has 6 nitrogen and oxygen atoms in total. The summed E-state index contributed by atoms with van der Waals surface area (Å²) in [4.78, 5) is 30.8. The van der Waals surface area contributed by atoms with Gasteiger partial charge in [0.05, 0.1) is 6.54 Å². The summed E-state index contributed by atoms with van der Waals surface area (Å²) in [6.45, 7) is 7.20. The fourth-order valence-corrected chi connectivity index (χ4v) is 4.04. The Morgan fingerprint density at radius 3 is 2.44 bits per heavy atom. The molecule has 27 heavy (non-hydrogen) atoms. The Bertz CT molecular complexity index is 671. The first-order valence-corrected chi connectivity index (χ1v) is 9.93. The van der Waals surface area contributed by atoms with E-state index in [2.05, 4.69) is 36.2 Å². The Morgan fingerprint density at radius 2 is 1.81 bits per heavy atom. The smallest absolute Gasteiger partial charge is 0.322 e. The second-order valence-corrected chi connectivity index (χ2v) is 8.44. The normalized spacial score (nSPS) is 22.6. The number of piperidine rings is 1. The summed E-state index contributed by atoms with van der Waals surface area (Å²) in [6.07, 6.45) is 2.14. The van der Waals surface area contributed by atoms with Crippen LogP contribution in [0.4, 0.5) is 10.5 Å². The predicted molar refractivity (Wildman–Crippen MR) is 108 cm³/mol. The van der Waals surface area contributed by atoms with Gasteiger partial charge in [-0.15, -0.1) is 0 Å². The van der Waals surface area contributed by atoms with Gasteiger partial charge in [0, 0.05) is 45.5 Å². The maximum absolute atomic E-state index is 12.9. The fraction of sp³-hybridized carbons (Fsp3) is 0.619. The molecule has 148 valence electrons. The van der Waals surface area contributed by atoms with Crippen molar-refractivity contribution in [2.75, 3.05) is 45.6 Å². The van der Waals surface area contributed by atoms with E-state index in [-0.39, 0.29) is 18.0 Å². The molecule has 6 heteroatoms. The van der Waals surface area contributed by atoms with Crippen LogP contribution < -0.4 is 5.32 Å². The van der Waals surface area contributed by atoms with Crippen molar-refractivity contribution in [3.05, 3.63) is 29.8 Å². The number of carbonyl (C=O) groups excluding carboxylic acids is 2. The molecule has 3 saturated heterocycles. The molecule has 3 heterocycles. The number of anilines is 1. The first-order valence-electron chi connectivity index (χ1n) is 9.93. The van der Waals surface area contributed by atoms with Gasteiger partial charge in [0.1, 0.15) is 0 Å². The lowest BCUT2D eigenvalue weighted by Crippen LogP contribution is -2.49. The van der Waals surface area contributed by atoms with Crippen LogP contribution in [-0.2, 0) is 4.79 Å². The molecule has 2 atom stereocenters. The minimum Gasteiger partial charge on any atom is -0.348 e. The minimum absolute atomic E-state index is 0.0252. The van der Waals surface area contributed by atoms with Crippen LogP contribution in [0.5, 0.6) is 0 Å². The lowest BCUT2D eigenvalue weighted by molar-refractivity contribution is -0.129. The largest absolute Gasteiger partial charge is 0.348 e. The second-order valence-electron chi connectivity index (χ2n) is 8.44. The van der Waals surface area contributed by atoms with E-state index in [9.17, 15) is 9.59 Å². The highest BCUT2D eigenvalue weighted by molar-refractivity contribution is 5.89. The first kappa shape index (κ1) is 19.7. The van der Waals surface area contributed by atoms with Crippen LogP contribution in [0.3, 0.4) is 0 Å². The molecule has 2 bridgehead atoms. The third-order valence-electron chi connectivity index (χ3n) is 5.74. The molecule has 1 N–H and O–H groups in total. The lowest BCUT2D eigenvalue weighted by Gasteiger charge is -2.36. The molecule has 4 rings (SSSR count). The van der Waals surface area contributed by atoms with Gasteiger partial charge < -0.3 is 15.1 Å². The van der Waals surface area contributed by atoms with E-state index in [0.29, 0.717) is 18.4 Å². The summed E-state index contributed by atoms with van der Waals surface area (Å²) >= 11 is 0. The van der Waals surface area contributed by atoms with Crippen molar-refractivity contribution in [3.63, 3.8) is 0 Å². The highest BCUT2D eigenvalue weighted by atomic mass is 16.2. The molecule has 3 fully saturated rings. The van der Waals surface area contributed by atoms with E-state index in [1.165, 1.54) is 5.56 Å². The predicted octanol–water partition coefficient (Wildman–Crippen LogP) is 2.83. The summed E-state index contributed by atoms with van der Waals surface area (Å²) in [5.74, 6) is 1.04. The van der Waals surface area contributed by atoms with Gasteiger partial charge in [0.2, 0.25) is 5.91 Å². The van der Waals surface area contributed by atoms with Crippen LogP contribution in [0.15, 0.2) is 24.3 Å². The molecule has 0 aromatic heterocycles. The third-order valence-corrected chi connectivity index (χ3v) is 5.74. The average Bonchev–Trinajstić information content (AvgIpc) is 2.92. The van der Waals surface area contributed by atoms with E-state index in [4.69, 9.17) is 0 Å². The Hall–Kier alpha value is -2.08. The van der Waals surface area contributed by atoms with Gasteiger partial charge in [-0.25, -0.2) is 4.79 Å². The number of hydrogen-bond acceptors (Lipinski definition) is 3. The molecular formula is C21H32N4O2. The number of benzene rings is 1. The number of nitrogens with one attached hydrogen (secondary N) is 1. The van der Waals surface area contributed by atoms with Crippen LogP contribution in [0.25, 0.3) is 0 Å². The Balaban J connectivity index is 1.63. The van der Waals surface area contributed by atoms with Gasteiger partial charge in [-0.05, 0) is 42.4 Å². The first-order chi connectivity index (χ1) is 12.8. The van der Waals surface area contributed by atoms with E-state index < -0.39 is 0 Å². The lowest BCUT2D eigenvalue weighted by atomic mass is 9.95. The van der Waals surface area contributed by atoms with E-state index >= 15 is 0 Å². The number of rotatable bonds is 4. The van der Waals surface area contributed by atoms with Crippen molar-refractivity contribution < 1.29 is 9.59 Å². The Kier molecular flexibility index (Phi) is 6.05. The summed E-state index contributed by atoms with van der Waals surface area (Å²) in [5, 5.41) is 3.06. The Morgan fingerprint density at radius 1 is 1.11 bits per heavy atom. The maximum atomic E-state index is 12.9. The summed E-state index contributed by atoms with van der Waals surface area (Å²) in [5.41, 5.74) is 2.10.